The van der Waals surface area contributed by atoms with Gasteiger partial charge in [-0.2, -0.15) is 5.26 Å². The van der Waals surface area contributed by atoms with Crippen molar-refractivity contribution in [1.29, 1.82) is 5.26 Å². The smallest absolute Gasteiger partial charge is 0.410 e. The van der Waals surface area contributed by atoms with Gasteiger partial charge in [-0.15, -0.1) is 0 Å². The number of nitrogen functional groups attached to an aromatic ring is 1. The summed E-state index contributed by atoms with van der Waals surface area (Å²) in [7, 11) is 0. The molecular formula is C19H29IN4O2. The van der Waals surface area contributed by atoms with Crippen LogP contribution in [0.2, 0.25) is 0 Å². The Bertz CT molecular complexity index is 667. The molecule has 0 saturated heterocycles. The number of nitrogens with zero attached hydrogens (tertiary/aromatic N) is 2. The molecule has 0 aromatic heterocycles. The van der Waals surface area contributed by atoms with Crippen molar-refractivity contribution < 1.29 is 9.53 Å². The van der Waals surface area contributed by atoms with Crippen LogP contribution in [0.25, 0.3) is 0 Å². The van der Waals surface area contributed by atoms with Gasteiger partial charge in [0, 0.05) is 23.2 Å². The van der Waals surface area contributed by atoms with Crippen LogP contribution in [0.3, 0.4) is 0 Å². The van der Waals surface area contributed by atoms with E-state index in [0.717, 1.165) is 9.26 Å². The van der Waals surface area contributed by atoms with Gasteiger partial charge < -0.3 is 20.7 Å². The van der Waals surface area contributed by atoms with Gasteiger partial charge in [-0.05, 0) is 67.8 Å². The molecule has 1 amide bonds. The molecule has 0 spiro atoms. The van der Waals surface area contributed by atoms with Gasteiger partial charge in [0.2, 0.25) is 0 Å². The molecule has 0 atom stereocenters. The van der Waals surface area contributed by atoms with Crippen molar-refractivity contribution in [1.82, 2.24) is 4.90 Å². The van der Waals surface area contributed by atoms with Gasteiger partial charge in [-0.25, -0.2) is 4.79 Å². The molecule has 0 radical (unpaired) electrons. The molecule has 0 unspecified atom stereocenters. The van der Waals surface area contributed by atoms with E-state index < -0.39 is 5.60 Å². The summed E-state index contributed by atoms with van der Waals surface area (Å²) in [5.74, 6) is 0. The first-order valence-electron chi connectivity index (χ1n) is 8.59. The fourth-order valence-corrected chi connectivity index (χ4v) is 3.25. The van der Waals surface area contributed by atoms with E-state index in [4.69, 9.17) is 15.7 Å². The van der Waals surface area contributed by atoms with Gasteiger partial charge in [0.05, 0.1) is 23.0 Å². The van der Waals surface area contributed by atoms with E-state index in [-0.39, 0.29) is 11.5 Å². The SMILES string of the molecule is CCN(CC(C)(C)CNc1c(N)cc(C#N)cc1I)C(=O)OC(C)(C)C. The third kappa shape index (κ3) is 6.90. The van der Waals surface area contributed by atoms with Crippen LogP contribution in [-0.4, -0.2) is 36.2 Å². The summed E-state index contributed by atoms with van der Waals surface area (Å²) < 4.78 is 6.38. The number of nitrogens with two attached hydrogens (primary N) is 1. The zero-order valence-corrected chi connectivity index (χ0v) is 18.6. The molecule has 0 fully saturated rings. The molecule has 7 heteroatoms. The zero-order chi connectivity index (χ0) is 20.1. The summed E-state index contributed by atoms with van der Waals surface area (Å²) in [4.78, 5) is 14.1. The van der Waals surface area contributed by atoms with Crippen LogP contribution in [0.5, 0.6) is 0 Å². The Morgan fingerprint density at radius 2 is 1.96 bits per heavy atom. The minimum atomic E-state index is -0.514. The van der Waals surface area contributed by atoms with E-state index in [9.17, 15) is 4.79 Å². The molecule has 6 nitrogen and oxygen atoms in total. The van der Waals surface area contributed by atoms with Crippen molar-refractivity contribution in [3.05, 3.63) is 21.3 Å². The minimum absolute atomic E-state index is 0.198. The van der Waals surface area contributed by atoms with Crippen molar-refractivity contribution in [2.24, 2.45) is 5.41 Å². The number of hydrogen-bond acceptors (Lipinski definition) is 5. The maximum Gasteiger partial charge on any atom is 0.410 e. The lowest BCUT2D eigenvalue weighted by atomic mass is 9.92. The highest BCUT2D eigenvalue weighted by atomic mass is 127. The summed E-state index contributed by atoms with van der Waals surface area (Å²) in [6.07, 6.45) is -0.305. The fraction of sp³-hybridized carbons (Fsp3) is 0.579. The maximum atomic E-state index is 12.4. The van der Waals surface area contributed by atoms with Gasteiger partial charge in [0.25, 0.3) is 0 Å². The molecule has 0 saturated carbocycles. The molecule has 0 heterocycles. The monoisotopic (exact) mass is 472 g/mol. The Hall–Kier alpha value is -1.69. The first kappa shape index (κ1) is 22.4. The highest BCUT2D eigenvalue weighted by Gasteiger charge is 2.27. The Morgan fingerprint density at radius 3 is 2.42 bits per heavy atom. The number of ether oxygens (including phenoxy) is 1. The van der Waals surface area contributed by atoms with Crippen molar-refractivity contribution in [3.8, 4) is 6.07 Å². The summed E-state index contributed by atoms with van der Waals surface area (Å²) >= 11 is 2.17. The van der Waals surface area contributed by atoms with Crippen molar-refractivity contribution in [3.63, 3.8) is 0 Å². The first-order valence-corrected chi connectivity index (χ1v) is 9.67. The van der Waals surface area contributed by atoms with Crippen LogP contribution in [0.4, 0.5) is 16.2 Å². The van der Waals surface area contributed by atoms with E-state index >= 15 is 0 Å². The number of carbonyl (C=O) groups excluding carboxylic acids is 1. The highest BCUT2D eigenvalue weighted by molar-refractivity contribution is 14.1. The molecule has 1 rings (SSSR count). The summed E-state index contributed by atoms with van der Waals surface area (Å²) in [5.41, 5.74) is 7.26. The second kappa shape index (κ2) is 8.80. The van der Waals surface area contributed by atoms with Gasteiger partial charge >= 0.3 is 6.09 Å². The Labute approximate surface area is 170 Å². The van der Waals surface area contributed by atoms with Crippen LogP contribution in [0, 0.1) is 20.3 Å². The van der Waals surface area contributed by atoms with Crippen molar-refractivity contribution in [2.75, 3.05) is 30.7 Å². The summed E-state index contributed by atoms with van der Waals surface area (Å²) in [6, 6.07) is 5.56. The number of benzene rings is 1. The predicted molar refractivity (Wildman–Crippen MR) is 114 cm³/mol. The molecule has 1 aromatic carbocycles. The molecule has 1 aromatic rings. The predicted octanol–water partition coefficient (Wildman–Crippen LogP) is 4.44. The molecule has 0 aliphatic carbocycles. The van der Waals surface area contributed by atoms with Crippen molar-refractivity contribution >= 4 is 40.1 Å². The molecule has 144 valence electrons. The Morgan fingerprint density at radius 1 is 1.35 bits per heavy atom. The molecule has 0 aliphatic heterocycles. The zero-order valence-electron chi connectivity index (χ0n) is 16.4. The number of rotatable bonds is 6. The largest absolute Gasteiger partial charge is 0.444 e. The highest BCUT2D eigenvalue weighted by Crippen LogP contribution is 2.29. The van der Waals surface area contributed by atoms with E-state index in [0.29, 0.717) is 30.9 Å². The van der Waals surface area contributed by atoms with Gasteiger partial charge in [0.15, 0.2) is 0 Å². The number of hydrogen-bond donors (Lipinski definition) is 2. The fourth-order valence-electron chi connectivity index (χ4n) is 2.41. The van der Waals surface area contributed by atoms with E-state index in [1.165, 1.54) is 0 Å². The Kier molecular flexibility index (Phi) is 7.57. The van der Waals surface area contributed by atoms with Crippen LogP contribution in [0.15, 0.2) is 12.1 Å². The van der Waals surface area contributed by atoms with Crippen LogP contribution in [0.1, 0.15) is 47.1 Å². The minimum Gasteiger partial charge on any atom is -0.444 e. The molecule has 0 aliphatic rings. The number of anilines is 2. The standard InChI is InChI=1S/C19H29IN4O2/c1-7-24(17(25)26-18(2,3)4)12-19(5,6)11-23-16-14(20)8-13(10-21)9-15(16)22/h8-9,23H,7,11-12,22H2,1-6H3. The number of nitrogens with one attached hydrogen (secondary N) is 1. The van der Waals surface area contributed by atoms with Crippen LogP contribution >= 0.6 is 22.6 Å². The molecule has 0 bridgehead atoms. The second-order valence-electron chi connectivity index (χ2n) is 8.05. The Balaban J connectivity index is 2.80. The lowest BCUT2D eigenvalue weighted by Crippen LogP contribution is -2.44. The molecule has 3 N–H and O–H groups in total. The van der Waals surface area contributed by atoms with Crippen LogP contribution in [-0.2, 0) is 4.74 Å². The number of nitriles is 1. The number of amides is 1. The van der Waals surface area contributed by atoms with E-state index in [1.807, 2.05) is 27.7 Å². The van der Waals surface area contributed by atoms with E-state index in [1.54, 1.807) is 17.0 Å². The third-order valence-electron chi connectivity index (χ3n) is 3.65. The third-order valence-corrected chi connectivity index (χ3v) is 4.50. The molecular weight excluding hydrogens is 443 g/mol. The summed E-state index contributed by atoms with van der Waals surface area (Å²) in [6.45, 7) is 13.4. The number of carbonyl (C=O) groups is 1. The average molecular weight is 472 g/mol. The number of halogens is 1. The van der Waals surface area contributed by atoms with Crippen LogP contribution < -0.4 is 11.1 Å². The molecule has 26 heavy (non-hydrogen) atoms. The lowest BCUT2D eigenvalue weighted by Gasteiger charge is -2.34. The average Bonchev–Trinajstić information content (AvgIpc) is 2.49. The van der Waals surface area contributed by atoms with Gasteiger partial charge in [-0.3, -0.25) is 0 Å². The second-order valence-corrected chi connectivity index (χ2v) is 9.21. The van der Waals surface area contributed by atoms with Gasteiger partial charge in [0.1, 0.15) is 5.60 Å². The first-order chi connectivity index (χ1) is 11.9. The van der Waals surface area contributed by atoms with Gasteiger partial charge in [-0.1, -0.05) is 13.8 Å². The summed E-state index contributed by atoms with van der Waals surface area (Å²) in [5, 5.41) is 12.4. The normalized spacial score (nSPS) is 11.6. The lowest BCUT2D eigenvalue weighted by molar-refractivity contribution is 0.0197. The topological polar surface area (TPSA) is 91.4 Å². The van der Waals surface area contributed by atoms with Crippen molar-refractivity contribution in [2.45, 2.75) is 47.1 Å². The quantitative estimate of drug-likeness (QED) is 0.472. The van der Waals surface area contributed by atoms with E-state index in [2.05, 4.69) is 47.8 Å². The maximum absolute atomic E-state index is 12.4.